The fourth-order valence-electron chi connectivity index (χ4n) is 1.76. The van der Waals surface area contributed by atoms with E-state index >= 15 is 0 Å². The van der Waals surface area contributed by atoms with Crippen LogP contribution in [-0.4, -0.2) is 15.4 Å². The van der Waals surface area contributed by atoms with Crippen molar-refractivity contribution in [3.8, 4) is 0 Å². The van der Waals surface area contributed by atoms with E-state index in [2.05, 4.69) is 0 Å². The van der Waals surface area contributed by atoms with Gasteiger partial charge in [0.15, 0.2) is 0 Å². The zero-order valence-electron chi connectivity index (χ0n) is 8.92. The number of hydrogen-bond donors (Lipinski definition) is 2. The third kappa shape index (κ3) is 2.23. The maximum Gasteiger partial charge on any atom is 0.376 e. The van der Waals surface area contributed by atoms with E-state index in [0.717, 1.165) is 0 Å². The molecule has 1 aromatic carbocycles. The normalized spacial score (nSPS) is 26.9. The van der Waals surface area contributed by atoms with E-state index in [-0.39, 0.29) is 0 Å². The second-order valence-corrected chi connectivity index (χ2v) is 5.97. The summed E-state index contributed by atoms with van der Waals surface area (Å²) >= 11 is 6.04. The van der Waals surface area contributed by atoms with Gasteiger partial charge in [-0.25, -0.2) is 0 Å². The average molecular weight is 264 g/mol. The van der Waals surface area contributed by atoms with Crippen molar-refractivity contribution in [3.05, 3.63) is 34.9 Å². The molecule has 1 saturated heterocycles. The Bertz CT molecular complexity index is 408. The lowest BCUT2D eigenvalue weighted by Gasteiger charge is -2.23. The first-order chi connectivity index (χ1) is 7.32. The van der Waals surface area contributed by atoms with Gasteiger partial charge in [-0.05, 0) is 19.9 Å². The second-order valence-electron chi connectivity index (χ2n) is 4.19. The Kier molecular flexibility index (Phi) is 2.99. The van der Waals surface area contributed by atoms with Crippen molar-refractivity contribution in [1.82, 2.24) is 0 Å². The van der Waals surface area contributed by atoms with Crippen LogP contribution >= 0.6 is 19.8 Å². The maximum atomic E-state index is 9.43. The molecular weight excluding hydrogens is 251 g/mol. The van der Waals surface area contributed by atoms with Gasteiger partial charge < -0.3 is 9.79 Å². The van der Waals surface area contributed by atoms with Crippen molar-refractivity contribution in [1.29, 1.82) is 0 Å². The van der Waals surface area contributed by atoms with Gasteiger partial charge in [-0.3, -0.25) is 9.05 Å². The summed E-state index contributed by atoms with van der Waals surface area (Å²) in [6.45, 7) is 3.46. The van der Waals surface area contributed by atoms with Gasteiger partial charge in [0, 0.05) is 10.6 Å². The number of halogens is 1. The third-order valence-electron chi connectivity index (χ3n) is 2.42. The predicted molar refractivity (Wildman–Crippen MR) is 61.8 cm³/mol. The zero-order valence-corrected chi connectivity index (χ0v) is 10.6. The molecule has 1 aromatic rings. The van der Waals surface area contributed by atoms with Crippen molar-refractivity contribution in [2.75, 3.05) is 0 Å². The summed E-state index contributed by atoms with van der Waals surface area (Å²) in [5.74, 6) is 0. The summed E-state index contributed by atoms with van der Waals surface area (Å²) in [4.78, 5) is 18.9. The van der Waals surface area contributed by atoms with Crippen LogP contribution in [0.5, 0.6) is 0 Å². The lowest BCUT2D eigenvalue weighted by Crippen LogP contribution is -2.26. The van der Waals surface area contributed by atoms with Gasteiger partial charge in [0.05, 0.1) is 0 Å². The van der Waals surface area contributed by atoms with Crippen LogP contribution in [0, 0.1) is 0 Å². The molecule has 0 aliphatic carbocycles. The van der Waals surface area contributed by atoms with Gasteiger partial charge in [-0.15, -0.1) is 0 Å². The van der Waals surface area contributed by atoms with E-state index in [0.29, 0.717) is 10.6 Å². The van der Waals surface area contributed by atoms with E-state index in [1.54, 1.807) is 32.0 Å². The van der Waals surface area contributed by atoms with E-state index in [9.17, 15) is 9.79 Å². The van der Waals surface area contributed by atoms with Gasteiger partial charge >= 0.3 is 8.17 Å². The van der Waals surface area contributed by atoms with Crippen LogP contribution < -0.4 is 0 Å². The molecule has 1 fully saturated rings. The molecule has 16 heavy (non-hydrogen) atoms. The molecule has 89 valence electrons. The Morgan fingerprint density at radius 2 is 1.94 bits per heavy atom. The Morgan fingerprint density at radius 1 is 1.31 bits per heavy atom. The molecule has 0 amide bonds. The van der Waals surface area contributed by atoms with Gasteiger partial charge in [0.25, 0.3) is 0 Å². The van der Waals surface area contributed by atoms with Gasteiger partial charge in [0.1, 0.15) is 11.7 Å². The molecule has 0 saturated carbocycles. The Morgan fingerprint density at radius 3 is 2.44 bits per heavy atom. The highest BCUT2D eigenvalue weighted by molar-refractivity contribution is 7.54. The highest BCUT2D eigenvalue weighted by atomic mass is 35.5. The minimum Gasteiger partial charge on any atom is -0.314 e. The second kappa shape index (κ2) is 3.91. The predicted octanol–water partition coefficient (Wildman–Crippen LogP) is 2.87. The van der Waals surface area contributed by atoms with Crippen LogP contribution in [0.25, 0.3) is 0 Å². The van der Waals surface area contributed by atoms with E-state index in [4.69, 9.17) is 20.6 Å². The topological polar surface area (TPSA) is 58.9 Å². The SMILES string of the molecule is CC1(C)O[P](O)(O)OC1c1ccccc1Cl. The summed E-state index contributed by atoms with van der Waals surface area (Å²) in [5, 5.41) is 0.520. The van der Waals surface area contributed by atoms with Crippen molar-refractivity contribution < 1.29 is 18.8 Å². The van der Waals surface area contributed by atoms with E-state index in [1.807, 2.05) is 6.07 Å². The molecule has 0 aromatic heterocycles. The smallest absolute Gasteiger partial charge is 0.314 e. The summed E-state index contributed by atoms with van der Waals surface area (Å²) in [5.41, 5.74) is -0.124. The Labute approximate surface area is 99.4 Å². The van der Waals surface area contributed by atoms with Crippen LogP contribution in [0.2, 0.25) is 5.02 Å². The third-order valence-corrected chi connectivity index (χ3v) is 3.95. The quantitative estimate of drug-likeness (QED) is 0.765. The van der Waals surface area contributed by atoms with Crippen LogP contribution in [0.4, 0.5) is 0 Å². The molecule has 1 radical (unpaired) electrons. The molecule has 6 heteroatoms. The number of hydrogen-bond acceptors (Lipinski definition) is 4. The standard InChI is InChI=1S/C10H13ClO4P/c1-10(2)9(14-16(12,13)15-10)7-5-3-4-6-8(7)11/h3-6,9,12-13H,1-2H3. The molecule has 4 nitrogen and oxygen atoms in total. The van der Waals surface area contributed by atoms with Crippen molar-refractivity contribution in [2.45, 2.75) is 25.6 Å². The lowest BCUT2D eigenvalue weighted by molar-refractivity contribution is 0.0707. The van der Waals surface area contributed by atoms with Crippen molar-refractivity contribution in [3.63, 3.8) is 0 Å². The van der Waals surface area contributed by atoms with Crippen molar-refractivity contribution >= 4 is 19.8 Å². The summed E-state index contributed by atoms with van der Waals surface area (Å²) < 4.78 is 10.2. The van der Waals surface area contributed by atoms with Crippen LogP contribution in [0.15, 0.2) is 24.3 Å². The molecule has 1 atom stereocenters. The molecule has 2 rings (SSSR count). The highest BCUT2D eigenvalue weighted by Gasteiger charge is 2.51. The maximum absolute atomic E-state index is 9.43. The monoisotopic (exact) mass is 263 g/mol. The molecule has 1 aliphatic rings. The first-order valence-electron chi connectivity index (χ1n) is 4.80. The molecule has 0 bridgehead atoms. The van der Waals surface area contributed by atoms with Crippen LogP contribution in [0.3, 0.4) is 0 Å². The number of rotatable bonds is 1. The van der Waals surface area contributed by atoms with E-state index < -0.39 is 19.9 Å². The van der Waals surface area contributed by atoms with Crippen molar-refractivity contribution in [2.24, 2.45) is 0 Å². The fraction of sp³-hybridized carbons (Fsp3) is 0.400. The summed E-state index contributed by atoms with van der Waals surface area (Å²) in [6, 6.07) is 7.12. The Balaban J connectivity index is 2.39. The van der Waals surface area contributed by atoms with Gasteiger partial charge in [0.2, 0.25) is 0 Å². The minimum atomic E-state index is -3.71. The van der Waals surface area contributed by atoms with Gasteiger partial charge in [-0.2, -0.15) is 0 Å². The minimum absolute atomic E-state index is 0.520. The average Bonchev–Trinajstić information content (AvgIpc) is 2.35. The van der Waals surface area contributed by atoms with Crippen LogP contribution in [0.1, 0.15) is 25.5 Å². The zero-order chi connectivity index (χ0) is 12.0. The summed E-state index contributed by atoms with van der Waals surface area (Å²) in [6.07, 6.45) is -0.579. The molecule has 1 unspecified atom stereocenters. The highest BCUT2D eigenvalue weighted by Crippen LogP contribution is 2.67. The Hall–Kier alpha value is -0.220. The molecule has 0 spiro atoms. The molecule has 2 N–H and O–H groups in total. The number of benzene rings is 1. The lowest BCUT2D eigenvalue weighted by atomic mass is 9.95. The first kappa shape index (κ1) is 12.2. The van der Waals surface area contributed by atoms with Crippen LogP contribution in [-0.2, 0) is 9.05 Å². The molecule has 1 heterocycles. The molecular formula is C10H13ClO4P. The van der Waals surface area contributed by atoms with Gasteiger partial charge in [-0.1, -0.05) is 29.8 Å². The summed E-state index contributed by atoms with van der Waals surface area (Å²) in [7, 11) is -3.71. The fourth-order valence-corrected chi connectivity index (χ4v) is 3.39. The van der Waals surface area contributed by atoms with E-state index in [1.165, 1.54) is 0 Å². The first-order valence-corrected chi connectivity index (χ1v) is 6.71. The molecule has 1 aliphatic heterocycles. The largest absolute Gasteiger partial charge is 0.376 e.